The van der Waals surface area contributed by atoms with E-state index in [2.05, 4.69) is 22.3 Å². The highest BCUT2D eigenvalue weighted by molar-refractivity contribution is 5.85. The van der Waals surface area contributed by atoms with Crippen molar-refractivity contribution in [1.82, 2.24) is 15.5 Å². The Morgan fingerprint density at radius 3 is 1.83 bits per heavy atom. The summed E-state index contributed by atoms with van der Waals surface area (Å²) in [6.07, 6.45) is 12.0. The fourth-order valence-corrected chi connectivity index (χ4v) is 3.28. The number of nitrogens with one attached hydrogen (secondary N) is 2. The Morgan fingerprint density at radius 2 is 1.31 bits per heavy atom. The molecule has 0 fully saturated rings. The van der Waals surface area contributed by atoms with Gasteiger partial charge in [0.1, 0.15) is 6.61 Å². The first-order valence-electron chi connectivity index (χ1n) is 13.7. The molecular formula is C25H55N7O4. The van der Waals surface area contributed by atoms with Gasteiger partial charge >= 0.3 is 6.09 Å². The second kappa shape index (κ2) is 29.3. The number of carbonyl (C=O) groups is 3. The highest BCUT2D eigenvalue weighted by atomic mass is 16.5. The third kappa shape index (κ3) is 28.3. The summed E-state index contributed by atoms with van der Waals surface area (Å²) in [5.41, 5.74) is 21.0. The van der Waals surface area contributed by atoms with Crippen LogP contribution in [0.25, 0.3) is 0 Å². The van der Waals surface area contributed by atoms with E-state index in [1.165, 1.54) is 12.8 Å². The van der Waals surface area contributed by atoms with Gasteiger partial charge in [0, 0.05) is 6.54 Å². The van der Waals surface area contributed by atoms with Crippen LogP contribution in [0.1, 0.15) is 84.0 Å². The van der Waals surface area contributed by atoms with Gasteiger partial charge in [-0.1, -0.05) is 51.9 Å². The average molecular weight is 518 g/mol. The number of nitrogens with two attached hydrogens (primary N) is 4. The summed E-state index contributed by atoms with van der Waals surface area (Å²) in [4.78, 5) is 36.9. The zero-order valence-electron chi connectivity index (χ0n) is 22.7. The van der Waals surface area contributed by atoms with Crippen LogP contribution in [0.3, 0.4) is 0 Å². The summed E-state index contributed by atoms with van der Waals surface area (Å²) in [5.74, 6) is -0.377. The van der Waals surface area contributed by atoms with Gasteiger partial charge < -0.3 is 43.2 Å². The molecule has 10 N–H and O–H groups in total. The third-order valence-corrected chi connectivity index (χ3v) is 5.38. The van der Waals surface area contributed by atoms with E-state index in [1.807, 2.05) is 0 Å². The first-order chi connectivity index (χ1) is 17.4. The Hall–Kier alpha value is -1.95. The van der Waals surface area contributed by atoms with Crippen LogP contribution >= 0.6 is 0 Å². The van der Waals surface area contributed by atoms with E-state index in [-0.39, 0.29) is 38.1 Å². The molecule has 0 saturated heterocycles. The minimum absolute atomic E-state index is 0.00297. The molecule has 0 rings (SSSR count). The smallest absolute Gasteiger partial charge is 0.404 e. The molecule has 0 aliphatic carbocycles. The van der Waals surface area contributed by atoms with Crippen LogP contribution in [0.4, 0.5) is 4.79 Å². The fourth-order valence-electron chi connectivity index (χ4n) is 3.28. The van der Waals surface area contributed by atoms with Gasteiger partial charge in [-0.3, -0.25) is 9.59 Å². The summed E-state index contributed by atoms with van der Waals surface area (Å²) in [5, 5.41) is 5.81. The predicted molar refractivity (Wildman–Crippen MR) is 146 cm³/mol. The number of rotatable bonds is 23. The van der Waals surface area contributed by atoms with Crippen LogP contribution in [-0.2, 0) is 14.3 Å². The SMILES string of the molecule is CCCCN.NCCCCCCCNCC(=O)N(CCCCCCCN)CC(=O)NCCOC(N)=O. The second-order valence-electron chi connectivity index (χ2n) is 8.76. The van der Waals surface area contributed by atoms with Gasteiger partial charge in [-0.2, -0.15) is 0 Å². The van der Waals surface area contributed by atoms with Crippen LogP contribution in [-0.4, -0.2) is 81.8 Å². The number of carbonyl (C=O) groups excluding carboxylic acids is 3. The normalized spacial score (nSPS) is 10.3. The standard InChI is InChI=1S/C21H44N6O4.C4H11N/c22-11-7-3-1-5-9-13-25-17-20(29)27(15-10-6-2-4-8-12-23)18-19(28)26-14-16-31-21(24)30;1-2-3-4-5/h25H,1-18,22-23H2,(H2,24,30)(H,26,28);2-5H2,1H3. The number of hydrogen-bond donors (Lipinski definition) is 6. The highest BCUT2D eigenvalue weighted by Gasteiger charge is 2.16. The molecule has 0 unspecified atom stereocenters. The number of hydrogen-bond acceptors (Lipinski definition) is 8. The molecular weight excluding hydrogens is 462 g/mol. The van der Waals surface area contributed by atoms with Crippen molar-refractivity contribution in [3.05, 3.63) is 0 Å². The molecule has 0 heterocycles. The maximum atomic E-state index is 12.6. The van der Waals surface area contributed by atoms with Crippen molar-refractivity contribution in [1.29, 1.82) is 0 Å². The quantitative estimate of drug-likeness (QED) is 0.109. The van der Waals surface area contributed by atoms with E-state index < -0.39 is 6.09 Å². The van der Waals surface area contributed by atoms with Crippen LogP contribution in [0, 0.1) is 0 Å². The minimum Gasteiger partial charge on any atom is -0.448 e. The van der Waals surface area contributed by atoms with E-state index in [9.17, 15) is 14.4 Å². The molecule has 0 bridgehead atoms. The van der Waals surface area contributed by atoms with Crippen molar-refractivity contribution >= 4 is 17.9 Å². The summed E-state index contributed by atoms with van der Waals surface area (Å²) < 4.78 is 4.58. The van der Waals surface area contributed by atoms with Gasteiger partial charge in [0.25, 0.3) is 0 Å². The molecule has 0 aromatic carbocycles. The monoisotopic (exact) mass is 517 g/mol. The lowest BCUT2D eigenvalue weighted by Crippen LogP contribution is -2.45. The zero-order chi connectivity index (χ0) is 27.3. The number of unbranched alkanes of at least 4 members (excludes halogenated alkanes) is 9. The van der Waals surface area contributed by atoms with Crippen molar-refractivity contribution in [3.63, 3.8) is 0 Å². The number of primary amides is 1. The van der Waals surface area contributed by atoms with Gasteiger partial charge in [0.15, 0.2) is 0 Å². The number of ether oxygens (including phenoxy) is 1. The third-order valence-electron chi connectivity index (χ3n) is 5.38. The number of nitrogens with zero attached hydrogens (tertiary/aromatic N) is 1. The van der Waals surface area contributed by atoms with Gasteiger partial charge in [0.05, 0.1) is 19.6 Å². The van der Waals surface area contributed by atoms with E-state index in [1.54, 1.807) is 4.90 Å². The predicted octanol–water partition coefficient (Wildman–Crippen LogP) is 1.18. The van der Waals surface area contributed by atoms with Crippen molar-refractivity contribution in [3.8, 4) is 0 Å². The van der Waals surface area contributed by atoms with Gasteiger partial charge in [-0.15, -0.1) is 0 Å². The molecule has 0 radical (unpaired) electrons. The zero-order valence-corrected chi connectivity index (χ0v) is 22.7. The fraction of sp³-hybridized carbons (Fsp3) is 0.880. The molecule has 0 spiro atoms. The molecule has 3 amide bonds. The first-order valence-corrected chi connectivity index (χ1v) is 13.7. The Kier molecular flexibility index (Phi) is 29.5. The lowest BCUT2D eigenvalue weighted by atomic mass is 10.1. The van der Waals surface area contributed by atoms with Gasteiger partial charge in [-0.05, 0) is 58.3 Å². The summed E-state index contributed by atoms with van der Waals surface area (Å²) in [6, 6.07) is 0. The maximum absolute atomic E-state index is 12.6. The average Bonchev–Trinajstić information content (AvgIpc) is 2.85. The minimum atomic E-state index is -0.883. The van der Waals surface area contributed by atoms with E-state index in [0.717, 1.165) is 83.8 Å². The second-order valence-corrected chi connectivity index (χ2v) is 8.76. The summed E-state index contributed by atoms with van der Waals surface area (Å²) >= 11 is 0. The topological polar surface area (TPSA) is 192 Å². The molecule has 214 valence electrons. The molecule has 0 aliphatic rings. The molecule has 0 atom stereocenters. The Morgan fingerprint density at radius 1 is 0.750 bits per heavy atom. The van der Waals surface area contributed by atoms with Crippen molar-refractivity contribution < 1.29 is 19.1 Å². The van der Waals surface area contributed by atoms with Crippen LogP contribution < -0.4 is 33.6 Å². The molecule has 11 nitrogen and oxygen atoms in total. The Labute approximate surface area is 218 Å². The van der Waals surface area contributed by atoms with Gasteiger partial charge in [0.2, 0.25) is 11.8 Å². The van der Waals surface area contributed by atoms with Crippen molar-refractivity contribution in [2.75, 3.05) is 59.0 Å². The molecule has 0 saturated carbocycles. The Balaban J connectivity index is 0. The van der Waals surface area contributed by atoms with Crippen LogP contribution in [0.15, 0.2) is 0 Å². The molecule has 0 aromatic rings. The molecule has 0 aromatic heterocycles. The number of amides is 3. The van der Waals surface area contributed by atoms with E-state index in [0.29, 0.717) is 13.1 Å². The van der Waals surface area contributed by atoms with Crippen molar-refractivity contribution in [2.24, 2.45) is 22.9 Å². The maximum Gasteiger partial charge on any atom is 0.404 e. The summed E-state index contributed by atoms with van der Waals surface area (Å²) in [7, 11) is 0. The molecule has 0 aliphatic heterocycles. The van der Waals surface area contributed by atoms with Crippen molar-refractivity contribution in [2.45, 2.75) is 84.0 Å². The Bertz CT molecular complexity index is 523. The van der Waals surface area contributed by atoms with Crippen LogP contribution in [0.2, 0.25) is 0 Å². The summed E-state index contributed by atoms with van der Waals surface area (Å²) in [6.45, 7) is 6.08. The molecule has 36 heavy (non-hydrogen) atoms. The highest BCUT2D eigenvalue weighted by Crippen LogP contribution is 2.05. The van der Waals surface area contributed by atoms with Gasteiger partial charge in [-0.25, -0.2) is 4.79 Å². The first kappa shape index (κ1) is 36.2. The lowest BCUT2D eigenvalue weighted by molar-refractivity contribution is -0.135. The van der Waals surface area contributed by atoms with Crippen LogP contribution in [0.5, 0.6) is 0 Å². The lowest BCUT2D eigenvalue weighted by Gasteiger charge is -2.22. The van der Waals surface area contributed by atoms with E-state index >= 15 is 0 Å². The van der Waals surface area contributed by atoms with E-state index in [4.69, 9.17) is 22.9 Å². The largest absolute Gasteiger partial charge is 0.448 e. The molecule has 11 heteroatoms.